The number of aliphatic carboxylic acids is 2. The summed E-state index contributed by atoms with van der Waals surface area (Å²) in [6, 6.07) is 31.8. The largest absolute Gasteiger partial charge is 0.480 e. The highest BCUT2D eigenvalue weighted by atomic mass is 16.5. The number of carbonyl (C=O) groups is 6. The van der Waals surface area contributed by atoms with Crippen LogP contribution in [0.4, 0.5) is 0 Å². The number of amides is 4. The van der Waals surface area contributed by atoms with Crippen molar-refractivity contribution in [2.24, 2.45) is 11.8 Å². The molecule has 0 fully saturated rings. The normalized spacial score (nSPS) is 14.1. The Balaban J connectivity index is 1.39. The molecule has 0 aliphatic carbocycles. The van der Waals surface area contributed by atoms with E-state index in [0.29, 0.717) is 23.0 Å². The van der Waals surface area contributed by atoms with Crippen molar-refractivity contribution in [3.8, 4) is 46.0 Å². The van der Waals surface area contributed by atoms with Gasteiger partial charge in [-0.25, -0.2) is 9.59 Å². The summed E-state index contributed by atoms with van der Waals surface area (Å²) in [5.74, 6) is -5.01. The van der Waals surface area contributed by atoms with Gasteiger partial charge in [-0.05, 0) is 125 Å². The fourth-order valence-corrected chi connectivity index (χ4v) is 10.9. The zero-order valence-corrected chi connectivity index (χ0v) is 44.1. The third-order valence-electron chi connectivity index (χ3n) is 14.5. The molecule has 2 aliphatic rings. The number of carboxylic acids is 2. The predicted molar refractivity (Wildman–Crippen MR) is 295 cm³/mol. The Kier molecular flexibility index (Phi) is 12.6. The first-order valence-electron chi connectivity index (χ1n) is 25.8. The Labute approximate surface area is 448 Å². The Hall–Kier alpha value is -9.30. The van der Waals surface area contributed by atoms with Crippen LogP contribution >= 0.6 is 0 Å². The van der Waals surface area contributed by atoms with Gasteiger partial charge >= 0.3 is 11.9 Å². The maximum absolute atomic E-state index is 15.4. The fourth-order valence-electron chi connectivity index (χ4n) is 10.9. The van der Waals surface area contributed by atoms with Crippen LogP contribution in [0.2, 0.25) is 0 Å². The van der Waals surface area contributed by atoms with Crippen LogP contribution in [-0.2, 0) is 9.59 Å². The molecule has 0 saturated heterocycles. The van der Waals surface area contributed by atoms with Gasteiger partial charge in [-0.2, -0.15) is 0 Å². The lowest BCUT2D eigenvalue weighted by Gasteiger charge is -2.35. The second-order valence-electron chi connectivity index (χ2n) is 21.3. The summed E-state index contributed by atoms with van der Waals surface area (Å²) in [6.07, 6.45) is -0.0835. The van der Waals surface area contributed by atoms with Crippen LogP contribution in [0.5, 0.6) is 46.0 Å². The molecule has 9 aromatic carbocycles. The molecule has 2 N–H and O–H groups in total. The molecule has 0 saturated carbocycles. The van der Waals surface area contributed by atoms with Gasteiger partial charge in [0.05, 0.1) is 22.3 Å². The van der Waals surface area contributed by atoms with Crippen molar-refractivity contribution in [3.05, 3.63) is 166 Å². The number of hydrogen-bond donors (Lipinski definition) is 2. The summed E-state index contributed by atoms with van der Waals surface area (Å²) in [5.41, 5.74) is 3.58. The quantitative estimate of drug-likeness (QED) is 0.0531. The lowest BCUT2D eigenvalue weighted by molar-refractivity contribution is -0.143. The van der Waals surface area contributed by atoms with Crippen molar-refractivity contribution in [2.75, 3.05) is 0 Å². The molecule has 2 aliphatic heterocycles. The van der Waals surface area contributed by atoms with E-state index in [1.165, 1.54) is 24.3 Å². The molecule has 4 amide bonds. The van der Waals surface area contributed by atoms with Crippen LogP contribution in [0.15, 0.2) is 121 Å². The van der Waals surface area contributed by atoms with Gasteiger partial charge < -0.3 is 29.2 Å². The average Bonchev–Trinajstić information content (AvgIpc) is 1.70. The van der Waals surface area contributed by atoms with Gasteiger partial charge in [0.1, 0.15) is 58.1 Å². The third-order valence-corrected chi connectivity index (χ3v) is 14.5. The van der Waals surface area contributed by atoms with Gasteiger partial charge in [-0.15, -0.1) is 0 Å². The van der Waals surface area contributed by atoms with Crippen LogP contribution in [0.1, 0.15) is 104 Å². The summed E-state index contributed by atoms with van der Waals surface area (Å²) in [5, 5.41) is 23.5. The molecule has 9 aromatic rings. The molecule has 392 valence electrons. The van der Waals surface area contributed by atoms with E-state index < -0.39 is 47.7 Å². The minimum Gasteiger partial charge on any atom is -0.480 e. The van der Waals surface area contributed by atoms with Crippen LogP contribution < -0.4 is 18.9 Å². The lowest BCUT2D eigenvalue weighted by atomic mass is 9.80. The smallest absolute Gasteiger partial charge is 0.326 e. The van der Waals surface area contributed by atoms with Crippen LogP contribution in [-0.4, -0.2) is 67.7 Å². The van der Waals surface area contributed by atoms with Crippen LogP contribution in [0.25, 0.3) is 43.1 Å². The first-order valence-corrected chi connectivity index (χ1v) is 25.8. The van der Waals surface area contributed by atoms with Crippen molar-refractivity contribution in [3.63, 3.8) is 0 Å². The Bertz CT molecular complexity index is 3510. The highest BCUT2D eigenvalue weighted by Gasteiger charge is 2.46. The van der Waals surface area contributed by atoms with E-state index >= 15 is 19.2 Å². The highest BCUT2D eigenvalue weighted by Crippen LogP contribution is 2.58. The van der Waals surface area contributed by atoms with Gasteiger partial charge in [-0.3, -0.25) is 29.0 Å². The summed E-state index contributed by atoms with van der Waals surface area (Å²) in [6.45, 7) is 14.9. The van der Waals surface area contributed by atoms with E-state index in [0.717, 1.165) is 32.1 Å². The SMILES string of the molecule is Cc1ccc(Oc2cc3c4c(cc(Oc5ccc(C)cc5)c5c6c(Oc7ccc(C)cc7)cc7c8c(cc(Oc9ccc(C)cc9)c(c2c45)c86)C(=O)N(C(CC(C)C)C(=O)O)C7=O)C(=O)N(C(CC(C)C)C(=O)O)C3=O)cc1. The Morgan fingerprint density at radius 3 is 0.782 bits per heavy atom. The van der Waals surface area contributed by atoms with E-state index in [4.69, 9.17) is 18.9 Å². The van der Waals surface area contributed by atoms with E-state index in [9.17, 15) is 19.8 Å². The predicted octanol–water partition coefficient (Wildman–Crippen LogP) is 14.3. The number of fused-ring (bicyclic) bond motifs is 2. The number of rotatable bonds is 16. The third kappa shape index (κ3) is 8.63. The van der Waals surface area contributed by atoms with Crippen molar-refractivity contribution in [1.82, 2.24) is 9.80 Å². The second-order valence-corrected chi connectivity index (χ2v) is 21.3. The van der Waals surface area contributed by atoms with Crippen molar-refractivity contribution >= 4 is 78.7 Å². The van der Waals surface area contributed by atoms with E-state index in [-0.39, 0.29) is 113 Å². The average molecular weight is 1040 g/mol. The van der Waals surface area contributed by atoms with E-state index in [2.05, 4.69) is 0 Å². The fraction of sp³-hybridized carbons (Fsp3) is 0.219. The Morgan fingerprint density at radius 2 is 0.590 bits per heavy atom. The number of imide groups is 2. The maximum atomic E-state index is 15.4. The van der Waals surface area contributed by atoms with Crippen molar-refractivity contribution < 1.29 is 57.9 Å². The number of carbonyl (C=O) groups excluding carboxylic acids is 4. The lowest BCUT2D eigenvalue weighted by Crippen LogP contribution is -2.51. The second kappa shape index (κ2) is 19.4. The summed E-state index contributed by atoms with van der Waals surface area (Å²) in [4.78, 5) is 89.8. The summed E-state index contributed by atoms with van der Waals surface area (Å²) in [7, 11) is 0. The molecule has 2 heterocycles. The number of ether oxygens (including phenoxy) is 4. The molecule has 11 rings (SSSR count). The highest BCUT2D eigenvalue weighted by molar-refractivity contribution is 6.45. The monoisotopic (exact) mass is 1040 g/mol. The van der Waals surface area contributed by atoms with Gasteiger partial charge in [0, 0.05) is 43.1 Å². The minimum absolute atomic E-state index is 0.0366. The molecule has 78 heavy (non-hydrogen) atoms. The molecular formula is C64H54N2O12. The number of benzene rings is 9. The van der Waals surface area contributed by atoms with Crippen molar-refractivity contribution in [1.29, 1.82) is 0 Å². The minimum atomic E-state index is -1.56. The molecule has 0 aromatic heterocycles. The molecule has 0 spiro atoms. The van der Waals surface area contributed by atoms with Gasteiger partial charge in [0.15, 0.2) is 0 Å². The summed E-state index contributed by atoms with van der Waals surface area (Å²) < 4.78 is 27.9. The first kappa shape index (κ1) is 50.8. The van der Waals surface area contributed by atoms with E-state index in [1.807, 2.05) is 104 Å². The molecular weight excluding hydrogens is 989 g/mol. The molecule has 0 radical (unpaired) electrons. The molecule has 0 bridgehead atoms. The van der Waals surface area contributed by atoms with Crippen LogP contribution in [0, 0.1) is 39.5 Å². The zero-order valence-electron chi connectivity index (χ0n) is 44.1. The maximum Gasteiger partial charge on any atom is 0.326 e. The molecule has 2 atom stereocenters. The zero-order chi connectivity index (χ0) is 55.2. The van der Waals surface area contributed by atoms with Gasteiger partial charge in [-0.1, -0.05) is 98.5 Å². The first-order chi connectivity index (χ1) is 37.3. The van der Waals surface area contributed by atoms with Gasteiger partial charge in [0.2, 0.25) is 0 Å². The summed E-state index contributed by atoms with van der Waals surface area (Å²) >= 11 is 0. The number of hydrogen-bond acceptors (Lipinski definition) is 10. The molecule has 2 unspecified atom stereocenters. The molecule has 14 heteroatoms. The Morgan fingerprint density at radius 1 is 0.372 bits per heavy atom. The van der Waals surface area contributed by atoms with Crippen molar-refractivity contribution in [2.45, 2.75) is 80.3 Å². The topological polar surface area (TPSA) is 186 Å². The van der Waals surface area contributed by atoms with Crippen LogP contribution in [0.3, 0.4) is 0 Å². The standard InChI is InChI=1S/C64H54N2O12/c1-31(2)25-45(63(71)72)65-59(67)41-27-47(75-37-17-9-33(5)10-18-37)53-55-49(77-39-21-13-35(7)14-22-39)29-43-52-44(62(70)66(61(43)69)46(64(73)74)26-32(3)4)30-50(78-40-23-15-36(8)16-24-40)56(58(52)55)54-48(76-38-19-11-34(6)12-20-38)28-42(60(65)68)51(41)57(53)54/h9-24,27-32,45-46H,25-26H2,1-8H3,(H,71,72)(H,73,74). The number of carboxylic acid groups (broad SMARTS) is 2. The number of nitrogens with zero attached hydrogens (tertiary/aromatic N) is 2. The molecule has 14 nitrogen and oxygen atoms in total. The van der Waals surface area contributed by atoms with Gasteiger partial charge in [0.25, 0.3) is 23.6 Å². The number of aryl methyl sites for hydroxylation is 4. The van der Waals surface area contributed by atoms with E-state index in [1.54, 1.807) is 48.5 Å².